The molecule has 2 aromatic heterocycles. The van der Waals surface area contributed by atoms with Gasteiger partial charge in [0.05, 0.1) is 25.9 Å². The molecule has 0 fully saturated rings. The van der Waals surface area contributed by atoms with E-state index in [2.05, 4.69) is 25.6 Å². The van der Waals surface area contributed by atoms with Gasteiger partial charge in [-0.1, -0.05) is 6.07 Å². The van der Waals surface area contributed by atoms with Gasteiger partial charge in [-0.3, -0.25) is 0 Å². The number of nitrogens with zero attached hydrogens (tertiary/aromatic N) is 3. The third kappa shape index (κ3) is 4.70. The second-order valence-corrected chi connectivity index (χ2v) is 4.97. The van der Waals surface area contributed by atoms with Crippen molar-refractivity contribution >= 4 is 5.96 Å². The maximum atomic E-state index is 5.56. The second-order valence-electron chi connectivity index (χ2n) is 4.97. The average molecular weight is 317 g/mol. The first-order valence-corrected chi connectivity index (χ1v) is 7.57. The standard InChI is InChI=1S/C16H23N5O2/c1-5-17-16(20-10-14-21-11(2)12(3)23-14)19-9-13-7-6-8-18-15(13)22-4/h6-8H,5,9-10H2,1-4H3,(H2,17,19,20). The van der Waals surface area contributed by atoms with Gasteiger partial charge in [0.2, 0.25) is 11.8 Å². The second kappa shape index (κ2) is 8.17. The Balaban J connectivity index is 2.02. The summed E-state index contributed by atoms with van der Waals surface area (Å²) in [5, 5.41) is 6.40. The molecule has 2 rings (SSSR count). The number of rotatable bonds is 6. The Labute approximate surface area is 136 Å². The van der Waals surface area contributed by atoms with Gasteiger partial charge < -0.3 is 19.8 Å². The van der Waals surface area contributed by atoms with E-state index in [-0.39, 0.29) is 0 Å². The molecule has 2 heterocycles. The van der Waals surface area contributed by atoms with E-state index in [4.69, 9.17) is 9.15 Å². The van der Waals surface area contributed by atoms with Crippen molar-refractivity contribution in [2.24, 2.45) is 4.99 Å². The number of pyridine rings is 1. The van der Waals surface area contributed by atoms with E-state index in [9.17, 15) is 0 Å². The number of ether oxygens (including phenoxy) is 1. The van der Waals surface area contributed by atoms with Crippen molar-refractivity contribution in [3.63, 3.8) is 0 Å². The zero-order valence-corrected chi connectivity index (χ0v) is 14.0. The van der Waals surface area contributed by atoms with E-state index in [0.29, 0.717) is 30.8 Å². The summed E-state index contributed by atoms with van der Waals surface area (Å²) in [4.78, 5) is 13.1. The average Bonchev–Trinajstić information content (AvgIpc) is 2.88. The third-order valence-electron chi connectivity index (χ3n) is 3.27. The van der Waals surface area contributed by atoms with Crippen molar-refractivity contribution in [3.05, 3.63) is 41.2 Å². The maximum absolute atomic E-state index is 5.56. The van der Waals surface area contributed by atoms with Gasteiger partial charge in [-0.15, -0.1) is 0 Å². The van der Waals surface area contributed by atoms with Crippen LogP contribution in [0, 0.1) is 13.8 Å². The summed E-state index contributed by atoms with van der Waals surface area (Å²) >= 11 is 0. The van der Waals surface area contributed by atoms with Crippen LogP contribution in [0.25, 0.3) is 0 Å². The molecule has 2 aromatic rings. The van der Waals surface area contributed by atoms with Gasteiger partial charge in [-0.05, 0) is 26.8 Å². The monoisotopic (exact) mass is 317 g/mol. The van der Waals surface area contributed by atoms with Crippen LogP contribution in [0.4, 0.5) is 0 Å². The van der Waals surface area contributed by atoms with Crippen molar-refractivity contribution in [2.75, 3.05) is 13.7 Å². The molecule has 0 saturated heterocycles. The molecule has 0 aliphatic carbocycles. The number of aliphatic imine (C=N–C) groups is 1. The Morgan fingerprint density at radius 2 is 2.17 bits per heavy atom. The van der Waals surface area contributed by atoms with Crippen LogP contribution in [0.3, 0.4) is 0 Å². The lowest BCUT2D eigenvalue weighted by Gasteiger charge is -2.10. The first kappa shape index (κ1) is 16.8. The van der Waals surface area contributed by atoms with E-state index >= 15 is 0 Å². The van der Waals surface area contributed by atoms with Crippen molar-refractivity contribution in [3.8, 4) is 5.88 Å². The number of nitrogens with one attached hydrogen (secondary N) is 2. The van der Waals surface area contributed by atoms with Crippen LogP contribution in [-0.2, 0) is 13.1 Å². The van der Waals surface area contributed by atoms with Crippen LogP contribution in [-0.4, -0.2) is 29.6 Å². The predicted octanol–water partition coefficient (Wildman–Crippen LogP) is 1.95. The molecule has 0 amide bonds. The molecule has 7 heteroatoms. The molecule has 0 bridgehead atoms. The quantitative estimate of drug-likeness (QED) is 0.626. The van der Waals surface area contributed by atoms with Gasteiger partial charge in [-0.2, -0.15) is 0 Å². The zero-order chi connectivity index (χ0) is 16.7. The SMILES string of the molecule is CCNC(=NCc1cccnc1OC)NCc1nc(C)c(C)o1. The molecule has 0 saturated carbocycles. The lowest BCUT2D eigenvalue weighted by atomic mass is 10.3. The van der Waals surface area contributed by atoms with Crippen LogP contribution in [0.1, 0.15) is 29.8 Å². The van der Waals surface area contributed by atoms with Crippen molar-refractivity contribution in [1.29, 1.82) is 0 Å². The van der Waals surface area contributed by atoms with Crippen LogP contribution >= 0.6 is 0 Å². The molecule has 23 heavy (non-hydrogen) atoms. The lowest BCUT2D eigenvalue weighted by molar-refractivity contribution is 0.392. The number of hydrogen-bond acceptors (Lipinski definition) is 5. The van der Waals surface area contributed by atoms with E-state index in [1.165, 1.54) is 0 Å². The highest BCUT2D eigenvalue weighted by Crippen LogP contribution is 2.14. The molecule has 124 valence electrons. The Hall–Kier alpha value is -2.57. The molecule has 0 radical (unpaired) electrons. The van der Waals surface area contributed by atoms with Gasteiger partial charge >= 0.3 is 0 Å². The van der Waals surface area contributed by atoms with E-state index in [1.807, 2.05) is 32.9 Å². The molecular formula is C16H23N5O2. The van der Waals surface area contributed by atoms with Gasteiger partial charge in [0.25, 0.3) is 0 Å². The van der Waals surface area contributed by atoms with Crippen LogP contribution in [0.5, 0.6) is 5.88 Å². The summed E-state index contributed by atoms with van der Waals surface area (Å²) in [6, 6.07) is 3.81. The topological polar surface area (TPSA) is 84.6 Å². The molecule has 0 spiro atoms. The molecule has 0 aliphatic heterocycles. The summed E-state index contributed by atoms with van der Waals surface area (Å²) in [5.74, 6) is 2.76. The smallest absolute Gasteiger partial charge is 0.218 e. The highest BCUT2D eigenvalue weighted by Gasteiger charge is 2.07. The minimum absolute atomic E-state index is 0.468. The Morgan fingerprint density at radius 1 is 1.35 bits per heavy atom. The Morgan fingerprint density at radius 3 is 2.83 bits per heavy atom. The number of oxazole rings is 1. The number of aryl methyl sites for hydroxylation is 2. The molecule has 7 nitrogen and oxygen atoms in total. The molecular weight excluding hydrogens is 294 g/mol. The summed E-state index contributed by atoms with van der Waals surface area (Å²) in [5.41, 5.74) is 1.83. The minimum atomic E-state index is 0.468. The summed E-state index contributed by atoms with van der Waals surface area (Å²) < 4.78 is 10.8. The molecule has 0 unspecified atom stereocenters. The Bertz CT molecular complexity index is 647. The molecule has 0 aliphatic rings. The normalized spacial score (nSPS) is 11.4. The predicted molar refractivity (Wildman–Crippen MR) is 88.4 cm³/mol. The molecule has 0 aromatic carbocycles. The van der Waals surface area contributed by atoms with E-state index in [0.717, 1.165) is 23.6 Å². The summed E-state index contributed by atoms with van der Waals surface area (Å²) in [6.07, 6.45) is 1.70. The fourth-order valence-corrected chi connectivity index (χ4v) is 2.01. The maximum Gasteiger partial charge on any atom is 0.218 e. The minimum Gasteiger partial charge on any atom is -0.481 e. The van der Waals surface area contributed by atoms with E-state index < -0.39 is 0 Å². The van der Waals surface area contributed by atoms with Gasteiger partial charge in [-0.25, -0.2) is 15.0 Å². The summed E-state index contributed by atoms with van der Waals surface area (Å²) in [7, 11) is 1.60. The largest absolute Gasteiger partial charge is 0.481 e. The van der Waals surface area contributed by atoms with Crippen LogP contribution < -0.4 is 15.4 Å². The first-order valence-electron chi connectivity index (χ1n) is 7.57. The van der Waals surface area contributed by atoms with Gasteiger partial charge in [0.15, 0.2) is 5.96 Å². The van der Waals surface area contributed by atoms with Crippen molar-refractivity contribution in [1.82, 2.24) is 20.6 Å². The highest BCUT2D eigenvalue weighted by molar-refractivity contribution is 5.79. The lowest BCUT2D eigenvalue weighted by Crippen LogP contribution is -2.36. The highest BCUT2D eigenvalue weighted by atomic mass is 16.5. The molecule has 2 N–H and O–H groups in total. The molecule has 0 atom stereocenters. The van der Waals surface area contributed by atoms with Crippen LogP contribution in [0.2, 0.25) is 0 Å². The number of aromatic nitrogens is 2. The van der Waals surface area contributed by atoms with Crippen molar-refractivity contribution < 1.29 is 9.15 Å². The van der Waals surface area contributed by atoms with Gasteiger partial charge in [0.1, 0.15) is 5.76 Å². The Kier molecular flexibility index (Phi) is 5.96. The first-order chi connectivity index (χ1) is 11.1. The zero-order valence-electron chi connectivity index (χ0n) is 14.0. The van der Waals surface area contributed by atoms with Gasteiger partial charge in [0, 0.05) is 18.3 Å². The van der Waals surface area contributed by atoms with Crippen molar-refractivity contribution in [2.45, 2.75) is 33.9 Å². The number of hydrogen-bond donors (Lipinski definition) is 2. The number of methoxy groups -OCH3 is 1. The fraction of sp³-hybridized carbons (Fsp3) is 0.438. The number of guanidine groups is 1. The van der Waals surface area contributed by atoms with E-state index in [1.54, 1.807) is 13.3 Å². The fourth-order valence-electron chi connectivity index (χ4n) is 2.01. The summed E-state index contributed by atoms with van der Waals surface area (Å²) in [6.45, 7) is 7.55. The van der Waals surface area contributed by atoms with Crippen LogP contribution in [0.15, 0.2) is 27.7 Å². The third-order valence-corrected chi connectivity index (χ3v) is 3.27.